The molecule has 12 heavy (non-hydrogen) atoms. The lowest BCUT2D eigenvalue weighted by Crippen LogP contribution is -2.28. The van der Waals surface area contributed by atoms with Crippen molar-refractivity contribution in [3.8, 4) is 0 Å². The fourth-order valence-corrected chi connectivity index (χ4v) is 3.03. The maximum absolute atomic E-state index is 4.55. The van der Waals surface area contributed by atoms with E-state index in [9.17, 15) is 0 Å². The Morgan fingerprint density at radius 1 is 1.58 bits per heavy atom. The monoisotopic (exact) mass is 182 g/mol. The van der Waals surface area contributed by atoms with E-state index in [1.165, 1.54) is 36.5 Å². The molecule has 0 aromatic carbocycles. The molecule has 1 heterocycles. The van der Waals surface area contributed by atoms with Crippen molar-refractivity contribution in [2.45, 2.75) is 32.6 Å². The highest BCUT2D eigenvalue weighted by atomic mass is 32.2. The Bertz CT molecular complexity index is 188. The molecule has 0 aromatic rings. The summed E-state index contributed by atoms with van der Waals surface area (Å²) in [5.41, 5.74) is 0. The Labute approximate surface area is 79.0 Å². The van der Waals surface area contributed by atoms with Crippen molar-refractivity contribution in [1.29, 1.82) is 0 Å². The van der Waals surface area contributed by atoms with E-state index in [1.54, 1.807) is 5.92 Å². The highest BCUT2D eigenvalue weighted by Crippen LogP contribution is 2.43. The molecule has 0 saturated heterocycles. The van der Waals surface area contributed by atoms with Gasteiger partial charge in [-0.3, -0.25) is 4.99 Å². The molecule has 0 amide bonds. The van der Waals surface area contributed by atoms with Crippen LogP contribution in [-0.2, 0) is 0 Å². The zero-order valence-electron chi connectivity index (χ0n) is 7.68. The van der Waals surface area contributed by atoms with Gasteiger partial charge in [0.25, 0.3) is 0 Å². The predicted octanol–water partition coefficient (Wildman–Crippen LogP) is 2.92. The van der Waals surface area contributed by atoms with Gasteiger partial charge in [-0.25, -0.2) is 0 Å². The van der Waals surface area contributed by atoms with Gasteiger partial charge < -0.3 is 0 Å². The Hall–Kier alpha value is 0.0200. The third kappa shape index (κ3) is 1.54. The second-order valence-electron chi connectivity index (χ2n) is 3.57. The van der Waals surface area contributed by atoms with E-state index in [1.807, 2.05) is 11.8 Å². The van der Waals surface area contributed by atoms with Crippen LogP contribution in [-0.4, -0.2) is 17.3 Å². The van der Waals surface area contributed by atoms with E-state index < -0.39 is 0 Å². The molecule has 0 aromatic heterocycles. The molecule has 2 aliphatic rings. The Morgan fingerprint density at radius 2 is 2.50 bits per heavy atom. The van der Waals surface area contributed by atoms with Crippen LogP contribution in [0.25, 0.3) is 0 Å². The van der Waals surface area contributed by atoms with Crippen LogP contribution in [0.2, 0.25) is 0 Å². The van der Waals surface area contributed by atoms with Crippen molar-refractivity contribution in [1.82, 2.24) is 0 Å². The number of hydrogen-bond donors (Lipinski definition) is 0. The van der Waals surface area contributed by atoms with Gasteiger partial charge in [0.15, 0.2) is 0 Å². The van der Waals surface area contributed by atoms with E-state index in [0.29, 0.717) is 0 Å². The van der Waals surface area contributed by atoms with Crippen LogP contribution in [0.3, 0.4) is 0 Å². The summed E-state index contributed by atoms with van der Waals surface area (Å²) < 4.78 is 0. The smallest absolute Gasteiger partial charge is 0.0713 e. The Kier molecular flexibility index (Phi) is 2.74. The normalized spacial score (nSPS) is 30.1. The lowest BCUT2D eigenvalue weighted by atomic mass is 9.72. The first-order valence-electron chi connectivity index (χ1n) is 4.93. The van der Waals surface area contributed by atoms with Crippen LogP contribution in [0.5, 0.6) is 0 Å². The van der Waals surface area contributed by atoms with E-state index >= 15 is 0 Å². The number of rotatable bonds is 3. The summed E-state index contributed by atoms with van der Waals surface area (Å²) in [5.74, 6) is 3.79. The number of nitrogens with zero attached hydrogens (tertiary/aromatic N) is 1. The molecule has 2 heteroatoms. The molecule has 2 rings (SSSR count). The summed E-state index contributed by atoms with van der Waals surface area (Å²) >= 11 is 1.99. The number of aliphatic imine (C=N–C) groups is 1. The second-order valence-corrected chi connectivity index (χ2v) is 4.68. The minimum Gasteiger partial charge on any atom is -0.282 e. The molecule has 0 spiro atoms. The molecule has 1 fully saturated rings. The minimum atomic E-state index is 0.789. The van der Waals surface area contributed by atoms with Gasteiger partial charge in [-0.15, -0.1) is 11.8 Å². The first-order valence-corrected chi connectivity index (χ1v) is 5.92. The summed E-state index contributed by atoms with van der Waals surface area (Å²) in [6.45, 7) is 3.34. The van der Waals surface area contributed by atoms with Gasteiger partial charge in [0.1, 0.15) is 0 Å². The van der Waals surface area contributed by atoms with E-state index in [0.717, 1.165) is 12.5 Å². The van der Waals surface area contributed by atoms with Crippen molar-refractivity contribution in [3.63, 3.8) is 0 Å². The van der Waals surface area contributed by atoms with Crippen molar-refractivity contribution in [2.24, 2.45) is 10.9 Å². The molecule has 1 atom stereocenters. The Morgan fingerprint density at radius 3 is 3.00 bits per heavy atom. The van der Waals surface area contributed by atoms with Gasteiger partial charge in [-0.1, -0.05) is 13.3 Å². The number of hydrogen-bond acceptors (Lipinski definition) is 2. The first kappa shape index (κ1) is 8.61. The third-order valence-corrected chi connectivity index (χ3v) is 3.82. The lowest BCUT2D eigenvalue weighted by molar-refractivity contribution is 0.429. The van der Waals surface area contributed by atoms with Gasteiger partial charge in [-0.05, 0) is 25.2 Å². The molecule has 67 valence electrons. The van der Waals surface area contributed by atoms with Crippen molar-refractivity contribution in [2.75, 3.05) is 12.3 Å². The number of thioether (sulfide) groups is 1. The average Bonchev–Trinajstić information content (AvgIpc) is 2.51. The molecular formula is C10H16NS. The molecule has 1 radical (unpaired) electrons. The van der Waals surface area contributed by atoms with Crippen LogP contribution >= 0.6 is 11.8 Å². The predicted molar refractivity (Wildman–Crippen MR) is 55.6 cm³/mol. The third-order valence-electron chi connectivity index (χ3n) is 2.73. The lowest BCUT2D eigenvalue weighted by Gasteiger charge is -2.35. The van der Waals surface area contributed by atoms with Crippen LogP contribution < -0.4 is 0 Å². The van der Waals surface area contributed by atoms with Gasteiger partial charge in [0, 0.05) is 18.2 Å². The van der Waals surface area contributed by atoms with E-state index in [-0.39, 0.29) is 0 Å². The zero-order valence-corrected chi connectivity index (χ0v) is 8.49. The average molecular weight is 182 g/mol. The van der Waals surface area contributed by atoms with Gasteiger partial charge >= 0.3 is 0 Å². The summed E-state index contributed by atoms with van der Waals surface area (Å²) in [6, 6.07) is 0. The van der Waals surface area contributed by atoms with E-state index in [2.05, 4.69) is 11.9 Å². The molecule has 1 aliphatic carbocycles. The first-order chi connectivity index (χ1) is 5.92. The van der Waals surface area contributed by atoms with Crippen molar-refractivity contribution >= 4 is 16.8 Å². The zero-order chi connectivity index (χ0) is 8.39. The molecule has 1 aliphatic heterocycles. The Balaban J connectivity index is 1.87. The summed E-state index contributed by atoms with van der Waals surface area (Å²) in [4.78, 5) is 4.55. The summed E-state index contributed by atoms with van der Waals surface area (Å²) in [6.07, 6.45) is 5.40. The minimum absolute atomic E-state index is 0.789. The van der Waals surface area contributed by atoms with Crippen molar-refractivity contribution < 1.29 is 0 Å². The topological polar surface area (TPSA) is 12.4 Å². The SMILES string of the molecule is CCC[C]1CCC1C1=NCCS1. The van der Waals surface area contributed by atoms with Crippen LogP contribution in [0.15, 0.2) is 4.99 Å². The van der Waals surface area contributed by atoms with Gasteiger partial charge in [0.05, 0.1) is 5.04 Å². The molecule has 1 saturated carbocycles. The molecule has 0 bridgehead atoms. The molecule has 1 nitrogen and oxygen atoms in total. The summed E-state index contributed by atoms with van der Waals surface area (Å²) in [5, 5.41) is 1.45. The molecule has 0 N–H and O–H groups in total. The van der Waals surface area contributed by atoms with Crippen LogP contribution in [0.1, 0.15) is 32.6 Å². The second kappa shape index (κ2) is 3.82. The maximum atomic E-state index is 4.55. The summed E-state index contributed by atoms with van der Waals surface area (Å²) in [7, 11) is 0. The van der Waals surface area contributed by atoms with E-state index in [4.69, 9.17) is 0 Å². The fraction of sp³-hybridized carbons (Fsp3) is 0.800. The van der Waals surface area contributed by atoms with Crippen molar-refractivity contribution in [3.05, 3.63) is 5.92 Å². The van der Waals surface area contributed by atoms with Gasteiger partial charge in [-0.2, -0.15) is 0 Å². The molecular weight excluding hydrogens is 166 g/mol. The maximum Gasteiger partial charge on any atom is 0.0713 e. The van der Waals surface area contributed by atoms with Gasteiger partial charge in [0.2, 0.25) is 0 Å². The largest absolute Gasteiger partial charge is 0.282 e. The highest BCUT2D eigenvalue weighted by molar-refractivity contribution is 8.14. The van der Waals surface area contributed by atoms with Crippen LogP contribution in [0.4, 0.5) is 0 Å². The molecule has 1 unspecified atom stereocenters. The van der Waals surface area contributed by atoms with Crippen LogP contribution in [0, 0.1) is 11.8 Å². The quantitative estimate of drug-likeness (QED) is 0.653. The standard InChI is InChI=1S/C10H16NS/c1-2-3-8-4-5-9(8)10-11-6-7-12-10/h9H,2-7H2,1H3. The highest BCUT2D eigenvalue weighted by Gasteiger charge is 2.35. The fourth-order valence-electron chi connectivity index (χ4n) is 1.97.